The van der Waals surface area contributed by atoms with Crippen molar-refractivity contribution in [3.05, 3.63) is 0 Å². The summed E-state index contributed by atoms with van der Waals surface area (Å²) in [6, 6.07) is 0. The van der Waals surface area contributed by atoms with E-state index in [1.54, 1.807) is 13.8 Å². The number of carbonyl (C=O) groups excluding carboxylic acids is 1. The van der Waals surface area contributed by atoms with Gasteiger partial charge in [0.2, 0.25) is 5.91 Å². The van der Waals surface area contributed by atoms with Crippen LogP contribution in [-0.4, -0.2) is 114 Å². The van der Waals surface area contributed by atoms with E-state index in [2.05, 4.69) is 101 Å². The third-order valence-electron chi connectivity index (χ3n) is 12.4. The molecule has 64 heavy (non-hydrogen) atoms. The maximum absolute atomic E-state index is 11.9. The van der Waals surface area contributed by atoms with E-state index in [-0.39, 0.29) is 11.3 Å². The Morgan fingerprint density at radius 1 is 0.484 bits per heavy atom. The van der Waals surface area contributed by atoms with Crippen molar-refractivity contribution < 1.29 is 23.7 Å². The van der Waals surface area contributed by atoms with Crippen LogP contribution in [0.25, 0.3) is 0 Å². The maximum Gasteiger partial charge on any atom is 0.309 e. The smallest absolute Gasteiger partial charge is 0.309 e. The number of quaternary nitrogens is 2. The lowest BCUT2D eigenvalue weighted by Gasteiger charge is -2.37. The van der Waals surface area contributed by atoms with Crippen LogP contribution in [0.3, 0.4) is 0 Å². The summed E-state index contributed by atoms with van der Waals surface area (Å²) in [7, 11) is 11.7. The highest BCUT2D eigenvalue weighted by Crippen LogP contribution is 2.27. The Morgan fingerprint density at radius 3 is 1.31 bits per heavy atom. The van der Waals surface area contributed by atoms with Gasteiger partial charge in [-0.2, -0.15) is 0 Å². The first-order chi connectivity index (χ1) is 29.6. The molecule has 9 heteroatoms. The first kappa shape index (κ1) is 69.3. The average molecular weight is 916 g/mol. The Balaban J connectivity index is -0.000000385. The third-order valence-corrected chi connectivity index (χ3v) is 12.4. The summed E-state index contributed by atoms with van der Waals surface area (Å²) < 4.78 is 2.29. The van der Waals surface area contributed by atoms with Crippen molar-refractivity contribution in [2.24, 2.45) is 33.1 Å². The molecule has 0 aromatic heterocycles. The largest absolute Gasteiger partial charge is 0.481 e. The summed E-state index contributed by atoms with van der Waals surface area (Å²) in [5.74, 6) is -0.495. The SMILES string of the molecule is CCCCC(C)(C)C(=O)NCCCCCCN.CCCCC(C)(C)C(=O)O.CCCCC(C)(C)CNCCCCCCN.CCCCC(C)(C)C[N+](C)(C)CCCCCC[N+](C)(C)C. The number of aliphatic carboxylic acids is 1. The highest BCUT2D eigenvalue weighted by atomic mass is 16.4. The van der Waals surface area contributed by atoms with Crippen LogP contribution < -0.4 is 22.1 Å². The van der Waals surface area contributed by atoms with Gasteiger partial charge in [0.25, 0.3) is 0 Å². The molecule has 0 rings (SSSR count). The molecule has 0 unspecified atom stereocenters. The monoisotopic (exact) mass is 915 g/mol. The predicted molar refractivity (Wildman–Crippen MR) is 285 cm³/mol. The molecule has 1 amide bonds. The number of carboxylic acid groups (broad SMARTS) is 1. The second kappa shape index (κ2) is 40.8. The minimum absolute atomic E-state index is 0.199. The minimum Gasteiger partial charge on any atom is -0.481 e. The zero-order valence-corrected chi connectivity index (χ0v) is 46.9. The highest BCUT2D eigenvalue weighted by molar-refractivity contribution is 5.81. The first-order valence-corrected chi connectivity index (χ1v) is 26.9. The van der Waals surface area contributed by atoms with Crippen molar-refractivity contribution in [1.82, 2.24) is 10.6 Å². The van der Waals surface area contributed by atoms with Crippen molar-refractivity contribution in [1.29, 1.82) is 0 Å². The molecule has 388 valence electrons. The first-order valence-electron chi connectivity index (χ1n) is 26.9. The number of rotatable bonds is 37. The lowest BCUT2D eigenvalue weighted by molar-refractivity contribution is -0.896. The van der Waals surface area contributed by atoms with Crippen molar-refractivity contribution in [3.63, 3.8) is 0 Å². The average Bonchev–Trinajstić information content (AvgIpc) is 3.19. The molecule has 0 heterocycles. The van der Waals surface area contributed by atoms with Gasteiger partial charge in [0.15, 0.2) is 0 Å². The highest BCUT2D eigenvalue weighted by Gasteiger charge is 2.28. The number of unbranched alkanes of at least 4 members (excludes halogenated alkanes) is 13. The molecule has 0 aromatic rings. The molecule has 0 saturated carbocycles. The van der Waals surface area contributed by atoms with E-state index >= 15 is 0 Å². The number of nitrogens with two attached hydrogens (primary N) is 2. The van der Waals surface area contributed by atoms with E-state index in [1.807, 2.05) is 13.8 Å². The molecule has 0 aliphatic rings. The molecule has 0 aliphatic carbocycles. The Labute approximate surface area is 402 Å². The van der Waals surface area contributed by atoms with E-state index in [0.717, 1.165) is 88.4 Å². The quantitative estimate of drug-likeness (QED) is 0.0312. The van der Waals surface area contributed by atoms with E-state index in [0.29, 0.717) is 10.8 Å². The Bertz CT molecular complexity index is 1050. The molecule has 0 bridgehead atoms. The molecule has 7 N–H and O–H groups in total. The van der Waals surface area contributed by atoms with Gasteiger partial charge in [0.05, 0.1) is 60.3 Å². The second-order valence-corrected chi connectivity index (χ2v) is 23.9. The molecule has 9 nitrogen and oxygen atoms in total. The van der Waals surface area contributed by atoms with Crippen molar-refractivity contribution >= 4 is 11.9 Å². The number of carbonyl (C=O) groups is 2. The predicted octanol–water partition coefficient (Wildman–Crippen LogP) is 13.0. The van der Waals surface area contributed by atoms with Crippen molar-refractivity contribution in [2.45, 2.75) is 237 Å². The molecule has 0 atom stereocenters. The van der Waals surface area contributed by atoms with Crippen molar-refractivity contribution in [2.75, 3.05) is 87.6 Å². The number of hydrogen-bond donors (Lipinski definition) is 5. The topological polar surface area (TPSA) is 130 Å². The van der Waals surface area contributed by atoms with Crippen LogP contribution in [0.5, 0.6) is 0 Å². The van der Waals surface area contributed by atoms with Crippen LogP contribution in [0, 0.1) is 21.7 Å². The molecule has 0 spiro atoms. The number of carboxylic acids is 1. The molecular formula is C55H122N6O3+2. The summed E-state index contributed by atoms with van der Waals surface area (Å²) in [5.41, 5.74) is 11.1. The van der Waals surface area contributed by atoms with E-state index in [9.17, 15) is 9.59 Å². The molecule has 0 aliphatic heterocycles. The summed E-state index contributed by atoms with van der Waals surface area (Å²) in [6.07, 6.45) is 29.3. The van der Waals surface area contributed by atoms with Gasteiger partial charge < -0.3 is 36.2 Å². The zero-order chi connectivity index (χ0) is 50.2. The molecule has 0 saturated heterocycles. The summed E-state index contributed by atoms with van der Waals surface area (Å²) >= 11 is 0. The number of hydrogen-bond acceptors (Lipinski definition) is 5. The second-order valence-electron chi connectivity index (χ2n) is 23.9. The van der Waals surface area contributed by atoms with Gasteiger partial charge in [-0.1, -0.05) is 146 Å². The van der Waals surface area contributed by atoms with Crippen LogP contribution in [0.15, 0.2) is 0 Å². The fourth-order valence-electron chi connectivity index (χ4n) is 7.89. The van der Waals surface area contributed by atoms with Gasteiger partial charge in [-0.3, -0.25) is 9.59 Å². The van der Waals surface area contributed by atoms with Gasteiger partial charge in [0.1, 0.15) is 0 Å². The van der Waals surface area contributed by atoms with Crippen LogP contribution in [-0.2, 0) is 9.59 Å². The van der Waals surface area contributed by atoms with E-state index in [4.69, 9.17) is 16.6 Å². The maximum atomic E-state index is 11.9. The van der Waals surface area contributed by atoms with Gasteiger partial charge >= 0.3 is 5.97 Å². The Hall–Kier alpha value is -1.26. The lowest BCUT2D eigenvalue weighted by atomic mass is 9.86. The zero-order valence-electron chi connectivity index (χ0n) is 46.9. The van der Waals surface area contributed by atoms with Gasteiger partial charge in [-0.25, -0.2) is 0 Å². The summed E-state index contributed by atoms with van der Waals surface area (Å²) in [4.78, 5) is 22.5. The molecule has 0 fully saturated rings. The Morgan fingerprint density at radius 2 is 0.875 bits per heavy atom. The molecule has 0 radical (unpaired) electrons. The summed E-state index contributed by atoms with van der Waals surface area (Å²) in [5, 5.41) is 15.3. The van der Waals surface area contributed by atoms with E-state index in [1.165, 1.54) is 127 Å². The lowest BCUT2D eigenvalue weighted by Crippen LogP contribution is -2.47. The van der Waals surface area contributed by atoms with Crippen molar-refractivity contribution in [3.8, 4) is 0 Å². The number of amides is 1. The van der Waals surface area contributed by atoms with Gasteiger partial charge in [-0.05, 0) is 116 Å². The Kier molecular flexibility index (Phi) is 44.2. The minimum atomic E-state index is -0.694. The van der Waals surface area contributed by atoms with Gasteiger partial charge in [-0.15, -0.1) is 0 Å². The summed E-state index contributed by atoms with van der Waals surface area (Å²) in [6.45, 7) is 34.7. The number of nitrogens with zero attached hydrogens (tertiary/aromatic N) is 2. The van der Waals surface area contributed by atoms with Crippen LogP contribution in [0.4, 0.5) is 0 Å². The third kappa shape index (κ3) is 50.2. The van der Waals surface area contributed by atoms with E-state index < -0.39 is 11.4 Å². The fraction of sp³-hybridized carbons (Fsp3) is 0.964. The molecule has 0 aromatic carbocycles. The standard InChI is InChI=1S/C19H44N2.C14H30N2O.C14H32N2.C8H16O2/c1-9-10-15-19(2,3)18-21(7,8)17-14-12-11-13-16-20(4,5)6;1-4-5-10-14(2,3)13(17)16-12-9-7-6-8-11-15;1-4-5-10-14(2,3)13-16-12-9-7-6-8-11-15;1-4-5-6-8(2,3)7(9)10/h9-18H2,1-8H3;4-12,15H2,1-3H3,(H,16,17);16H,4-13,15H2,1-3H3;4-6H2,1-3H3,(H,9,10)/q+2;;;. The normalized spacial score (nSPS) is 12.4. The van der Waals surface area contributed by atoms with Crippen LogP contribution >= 0.6 is 0 Å². The van der Waals surface area contributed by atoms with Crippen LogP contribution in [0.2, 0.25) is 0 Å². The number of nitrogens with one attached hydrogen (secondary N) is 2. The molecular weight excluding hydrogens is 793 g/mol. The van der Waals surface area contributed by atoms with Gasteiger partial charge in [0, 0.05) is 23.9 Å². The van der Waals surface area contributed by atoms with Crippen LogP contribution in [0.1, 0.15) is 237 Å². The fourth-order valence-corrected chi connectivity index (χ4v) is 7.89.